The molecule has 0 bridgehead atoms. The second-order valence-corrected chi connectivity index (χ2v) is 10.6. The van der Waals surface area contributed by atoms with Crippen molar-refractivity contribution in [2.45, 2.75) is 23.1 Å². The fourth-order valence-corrected chi connectivity index (χ4v) is 5.80. The topological polar surface area (TPSA) is 139 Å². The number of Topliss-reactive ketones (excluding diaryl/α,β-unsaturated/α-hetero) is 1. The van der Waals surface area contributed by atoms with E-state index in [4.69, 9.17) is 0 Å². The molecule has 190 valence electrons. The number of nitro groups is 1. The number of aryl methyl sites for hydroxylation is 1. The summed E-state index contributed by atoms with van der Waals surface area (Å²) in [5.41, 5.74) is 2.65. The molecule has 1 fully saturated rings. The van der Waals surface area contributed by atoms with Gasteiger partial charge in [0.2, 0.25) is 5.13 Å². The van der Waals surface area contributed by atoms with Crippen LogP contribution in [0.5, 0.6) is 0 Å². The first-order chi connectivity index (χ1) is 18.3. The molecule has 1 aliphatic rings. The second-order valence-electron chi connectivity index (χ2n) is 8.38. The average molecular weight is 546 g/mol. The predicted octanol–water partition coefficient (Wildman–Crippen LogP) is 5.07. The Morgan fingerprint density at radius 3 is 2.39 bits per heavy atom. The molecule has 2 aromatic heterocycles. The van der Waals surface area contributed by atoms with Crippen molar-refractivity contribution in [2.24, 2.45) is 0 Å². The van der Waals surface area contributed by atoms with Crippen molar-refractivity contribution in [3.8, 4) is 0 Å². The molecule has 0 aliphatic carbocycles. The maximum absolute atomic E-state index is 13.3. The molecule has 4 aromatic rings. The van der Waals surface area contributed by atoms with Crippen LogP contribution in [0.4, 0.5) is 10.8 Å². The summed E-state index contributed by atoms with van der Waals surface area (Å²) in [6.45, 7) is 2.01. The molecule has 1 aliphatic heterocycles. The van der Waals surface area contributed by atoms with Gasteiger partial charge in [-0.1, -0.05) is 52.9 Å². The number of aliphatic hydroxyl groups is 1. The van der Waals surface area contributed by atoms with Crippen LogP contribution in [0.1, 0.15) is 28.3 Å². The zero-order chi connectivity index (χ0) is 26.8. The average Bonchev–Trinajstić information content (AvgIpc) is 3.50. The quantitative estimate of drug-likeness (QED) is 0.0641. The standard InChI is InChI=1S/C26H19N5O5S2/c1-15-2-4-16(5-3-15)14-37-26-29-28-25(38-26)30-21(17-6-8-19(9-7-17)31(35)36)20(23(33)24(30)34)22(32)18-10-12-27-13-11-18/h2-13,21,32H,14H2,1H3/b22-20+. The van der Waals surface area contributed by atoms with Crippen LogP contribution in [-0.2, 0) is 15.3 Å². The summed E-state index contributed by atoms with van der Waals surface area (Å²) in [7, 11) is 0. The number of aliphatic hydroxyl groups excluding tert-OH is 1. The number of anilines is 1. The maximum atomic E-state index is 13.3. The molecule has 1 atom stereocenters. The van der Waals surface area contributed by atoms with Crippen molar-refractivity contribution in [1.29, 1.82) is 0 Å². The van der Waals surface area contributed by atoms with Crippen LogP contribution in [0, 0.1) is 17.0 Å². The maximum Gasteiger partial charge on any atom is 0.301 e. The van der Waals surface area contributed by atoms with Gasteiger partial charge in [0.05, 0.1) is 16.5 Å². The Kier molecular flexibility index (Phi) is 6.99. The highest BCUT2D eigenvalue weighted by Gasteiger charge is 2.48. The van der Waals surface area contributed by atoms with Crippen molar-refractivity contribution in [2.75, 3.05) is 4.90 Å². The third kappa shape index (κ3) is 4.91. The summed E-state index contributed by atoms with van der Waals surface area (Å²) in [6.07, 6.45) is 2.91. The number of nitrogens with zero attached hydrogens (tertiary/aromatic N) is 5. The number of aromatic nitrogens is 3. The molecule has 1 saturated heterocycles. The summed E-state index contributed by atoms with van der Waals surface area (Å²) < 4.78 is 0.596. The molecule has 5 rings (SSSR count). The molecule has 3 heterocycles. The normalized spacial score (nSPS) is 16.7. The molecule has 0 radical (unpaired) electrons. The van der Waals surface area contributed by atoms with Crippen LogP contribution in [0.2, 0.25) is 0 Å². The van der Waals surface area contributed by atoms with Gasteiger partial charge < -0.3 is 5.11 Å². The van der Waals surface area contributed by atoms with Gasteiger partial charge in [0.1, 0.15) is 5.76 Å². The van der Waals surface area contributed by atoms with E-state index < -0.39 is 22.7 Å². The van der Waals surface area contributed by atoms with Gasteiger partial charge in [0.15, 0.2) is 4.34 Å². The van der Waals surface area contributed by atoms with Crippen LogP contribution >= 0.6 is 23.1 Å². The number of benzene rings is 2. The lowest BCUT2D eigenvalue weighted by Gasteiger charge is -2.22. The van der Waals surface area contributed by atoms with Crippen molar-refractivity contribution >= 4 is 51.4 Å². The molecule has 12 heteroatoms. The zero-order valence-corrected chi connectivity index (χ0v) is 21.5. The van der Waals surface area contributed by atoms with Gasteiger partial charge in [0, 0.05) is 35.8 Å². The Hall–Kier alpha value is -4.42. The van der Waals surface area contributed by atoms with Crippen LogP contribution in [0.15, 0.2) is 83.0 Å². The van der Waals surface area contributed by atoms with Gasteiger partial charge in [-0.2, -0.15) is 0 Å². The van der Waals surface area contributed by atoms with Crippen LogP contribution in [0.3, 0.4) is 0 Å². The molecule has 0 saturated carbocycles. The first-order valence-electron chi connectivity index (χ1n) is 11.3. The fraction of sp³-hybridized carbons (Fsp3) is 0.115. The monoisotopic (exact) mass is 545 g/mol. The summed E-state index contributed by atoms with van der Waals surface area (Å²) in [6, 6.07) is 15.5. The lowest BCUT2D eigenvalue weighted by atomic mass is 9.95. The Morgan fingerprint density at radius 2 is 1.74 bits per heavy atom. The number of pyridine rings is 1. The summed E-state index contributed by atoms with van der Waals surface area (Å²) in [4.78, 5) is 42.2. The van der Waals surface area contributed by atoms with Crippen molar-refractivity contribution in [3.63, 3.8) is 0 Å². The highest BCUT2D eigenvalue weighted by atomic mass is 32.2. The summed E-state index contributed by atoms with van der Waals surface area (Å²) in [5.74, 6) is -1.52. The number of carbonyl (C=O) groups is 2. The van der Waals surface area contributed by atoms with Crippen molar-refractivity contribution < 1.29 is 19.6 Å². The van der Waals surface area contributed by atoms with Gasteiger partial charge in [-0.05, 0) is 42.3 Å². The van der Waals surface area contributed by atoms with Crippen molar-refractivity contribution in [1.82, 2.24) is 15.2 Å². The largest absolute Gasteiger partial charge is 0.507 e. The molecule has 2 aromatic carbocycles. The molecular weight excluding hydrogens is 526 g/mol. The second kappa shape index (κ2) is 10.5. The minimum atomic E-state index is -1.06. The molecule has 10 nitrogen and oxygen atoms in total. The number of nitro benzene ring substituents is 1. The Bertz CT molecular complexity index is 1550. The number of non-ortho nitro benzene ring substituents is 1. The Labute approximate surface area is 224 Å². The molecule has 1 amide bonds. The Morgan fingerprint density at radius 1 is 1.05 bits per heavy atom. The fourth-order valence-electron chi connectivity index (χ4n) is 3.98. The van der Waals surface area contributed by atoms with Gasteiger partial charge in [0.25, 0.3) is 11.5 Å². The smallest absolute Gasteiger partial charge is 0.301 e. The van der Waals surface area contributed by atoms with E-state index in [1.54, 1.807) is 0 Å². The number of carbonyl (C=O) groups excluding carboxylic acids is 2. The first kappa shape index (κ1) is 25.2. The summed E-state index contributed by atoms with van der Waals surface area (Å²) in [5, 5.41) is 30.8. The highest BCUT2D eigenvalue weighted by Crippen LogP contribution is 2.44. The van der Waals surface area contributed by atoms with E-state index in [0.29, 0.717) is 21.2 Å². The molecular formula is C26H19N5O5S2. The number of thioether (sulfide) groups is 1. The van der Waals surface area contributed by atoms with E-state index in [9.17, 15) is 24.8 Å². The van der Waals surface area contributed by atoms with Gasteiger partial charge >= 0.3 is 5.91 Å². The minimum absolute atomic E-state index is 0.148. The number of ketones is 1. The Balaban J connectivity index is 1.53. The molecule has 1 unspecified atom stereocenters. The van der Waals surface area contributed by atoms with Gasteiger partial charge in [-0.15, -0.1) is 10.2 Å². The van der Waals surface area contributed by atoms with Gasteiger partial charge in [-0.25, -0.2) is 0 Å². The SMILES string of the molecule is Cc1ccc(CSc2nnc(N3C(=O)C(=O)/C(=C(/O)c4ccncc4)C3c3ccc([N+](=O)[O-])cc3)s2)cc1. The molecule has 38 heavy (non-hydrogen) atoms. The minimum Gasteiger partial charge on any atom is -0.507 e. The van der Waals surface area contributed by atoms with E-state index in [1.165, 1.54) is 65.5 Å². The first-order valence-corrected chi connectivity index (χ1v) is 13.1. The lowest BCUT2D eigenvalue weighted by molar-refractivity contribution is -0.384. The zero-order valence-electron chi connectivity index (χ0n) is 19.8. The lowest BCUT2D eigenvalue weighted by Crippen LogP contribution is -2.29. The number of rotatable bonds is 7. The highest BCUT2D eigenvalue weighted by molar-refractivity contribution is 8.00. The summed E-state index contributed by atoms with van der Waals surface area (Å²) >= 11 is 2.59. The van der Waals surface area contributed by atoms with Gasteiger partial charge in [-0.3, -0.25) is 29.6 Å². The number of amides is 1. The van der Waals surface area contributed by atoms with Crippen molar-refractivity contribution in [3.05, 3.63) is 111 Å². The number of hydrogen-bond acceptors (Lipinski definition) is 10. The van der Waals surface area contributed by atoms with E-state index in [-0.39, 0.29) is 22.2 Å². The van der Waals surface area contributed by atoms with E-state index >= 15 is 0 Å². The van der Waals surface area contributed by atoms with Crippen LogP contribution in [0.25, 0.3) is 5.76 Å². The van der Waals surface area contributed by atoms with Crippen LogP contribution < -0.4 is 4.90 Å². The molecule has 0 spiro atoms. The van der Waals surface area contributed by atoms with E-state index in [0.717, 1.165) is 22.5 Å². The molecule has 1 N–H and O–H groups in total. The third-order valence-corrected chi connectivity index (χ3v) is 8.03. The van der Waals surface area contributed by atoms with Crippen LogP contribution in [-0.4, -0.2) is 36.9 Å². The van der Waals surface area contributed by atoms with E-state index in [1.807, 2.05) is 31.2 Å². The third-order valence-electron chi connectivity index (χ3n) is 5.90. The predicted molar refractivity (Wildman–Crippen MR) is 143 cm³/mol. The number of hydrogen-bond donors (Lipinski definition) is 1. The van der Waals surface area contributed by atoms with E-state index in [2.05, 4.69) is 15.2 Å².